The van der Waals surface area contributed by atoms with Crippen molar-refractivity contribution in [1.82, 2.24) is 0 Å². The van der Waals surface area contributed by atoms with Crippen LogP contribution in [0.4, 0.5) is 0 Å². The third-order valence-corrected chi connectivity index (χ3v) is 5.24. The minimum absolute atomic E-state index is 0.228. The van der Waals surface area contributed by atoms with E-state index in [9.17, 15) is 0 Å². The summed E-state index contributed by atoms with van der Waals surface area (Å²) in [5, 5.41) is 0. The monoisotopic (exact) mass is 230 g/mol. The van der Waals surface area contributed by atoms with E-state index in [0.29, 0.717) is 5.41 Å². The summed E-state index contributed by atoms with van der Waals surface area (Å²) in [6, 6.07) is 9.14. The van der Waals surface area contributed by atoms with Gasteiger partial charge in [0.25, 0.3) is 0 Å². The lowest BCUT2D eigenvalue weighted by atomic mass is 9.56. The van der Waals surface area contributed by atoms with Crippen LogP contribution in [0.15, 0.2) is 24.3 Å². The number of methoxy groups -OCH3 is 1. The van der Waals surface area contributed by atoms with Crippen LogP contribution < -0.4 is 0 Å². The van der Waals surface area contributed by atoms with Gasteiger partial charge in [0, 0.05) is 7.11 Å². The van der Waals surface area contributed by atoms with Crippen molar-refractivity contribution in [1.29, 1.82) is 0 Å². The van der Waals surface area contributed by atoms with Crippen molar-refractivity contribution >= 4 is 0 Å². The maximum Gasteiger partial charge on any atom is 0.0679 e. The molecule has 0 unspecified atom stereocenters. The Morgan fingerprint density at radius 2 is 1.65 bits per heavy atom. The van der Waals surface area contributed by atoms with Gasteiger partial charge >= 0.3 is 0 Å². The van der Waals surface area contributed by atoms with Crippen LogP contribution in [0.1, 0.15) is 49.7 Å². The summed E-state index contributed by atoms with van der Waals surface area (Å²) in [5.74, 6) is 0. The molecule has 0 atom stereocenters. The molecule has 0 aliphatic heterocycles. The van der Waals surface area contributed by atoms with E-state index < -0.39 is 0 Å². The molecular weight excluding hydrogens is 208 g/mol. The van der Waals surface area contributed by atoms with Gasteiger partial charge in [-0.05, 0) is 56.4 Å². The molecule has 0 saturated heterocycles. The predicted molar refractivity (Wildman–Crippen MR) is 70.3 cm³/mol. The zero-order chi connectivity index (χ0) is 11.9. The van der Waals surface area contributed by atoms with Gasteiger partial charge in [-0.2, -0.15) is 0 Å². The zero-order valence-corrected chi connectivity index (χ0v) is 11.0. The normalized spacial score (nSPS) is 36.1. The Morgan fingerprint density at radius 3 is 2.18 bits per heavy atom. The lowest BCUT2D eigenvalue weighted by Gasteiger charge is -2.53. The molecule has 0 radical (unpaired) electrons. The Balaban J connectivity index is 1.90. The summed E-state index contributed by atoms with van der Waals surface area (Å²) in [4.78, 5) is 0. The molecular formula is C16H22O. The number of rotatable bonds is 2. The quantitative estimate of drug-likeness (QED) is 0.746. The number of ether oxygens (including phenoxy) is 1. The zero-order valence-electron chi connectivity index (χ0n) is 11.0. The largest absolute Gasteiger partial charge is 0.378 e. The van der Waals surface area contributed by atoms with Gasteiger partial charge in [-0.1, -0.05) is 29.8 Å². The van der Waals surface area contributed by atoms with E-state index in [2.05, 4.69) is 31.2 Å². The van der Waals surface area contributed by atoms with Gasteiger partial charge in [0.2, 0.25) is 0 Å². The standard InChI is InChI=1S/C16H22O/c1-13-4-3-5-14(12-13)15-6-9-16(17-2,10-7-15)11-8-15/h3-5,12H,6-11H2,1-2H3. The summed E-state index contributed by atoms with van der Waals surface area (Å²) in [6.07, 6.45) is 7.67. The lowest BCUT2D eigenvalue weighted by Crippen LogP contribution is -2.49. The van der Waals surface area contributed by atoms with Crippen molar-refractivity contribution in [3.05, 3.63) is 35.4 Å². The summed E-state index contributed by atoms with van der Waals surface area (Å²) in [7, 11) is 1.89. The highest BCUT2D eigenvalue weighted by molar-refractivity contribution is 5.32. The van der Waals surface area contributed by atoms with Crippen LogP contribution in [0.2, 0.25) is 0 Å². The first kappa shape index (κ1) is 11.3. The van der Waals surface area contributed by atoms with Crippen molar-refractivity contribution in [2.75, 3.05) is 7.11 Å². The van der Waals surface area contributed by atoms with Crippen molar-refractivity contribution in [2.45, 2.75) is 56.5 Å². The van der Waals surface area contributed by atoms with Gasteiger partial charge < -0.3 is 4.74 Å². The lowest BCUT2D eigenvalue weighted by molar-refractivity contribution is -0.0955. The smallest absolute Gasteiger partial charge is 0.0679 e. The molecule has 3 aliphatic rings. The van der Waals surface area contributed by atoms with Crippen molar-refractivity contribution in [3.8, 4) is 0 Å². The first-order chi connectivity index (χ1) is 8.18. The van der Waals surface area contributed by atoms with Gasteiger partial charge in [0.1, 0.15) is 0 Å². The van der Waals surface area contributed by atoms with E-state index in [1.165, 1.54) is 44.1 Å². The molecule has 0 N–H and O–H groups in total. The number of hydrogen-bond donors (Lipinski definition) is 0. The van der Waals surface area contributed by atoms with Crippen LogP contribution in [-0.2, 0) is 10.2 Å². The average molecular weight is 230 g/mol. The molecule has 3 aliphatic carbocycles. The molecule has 1 heteroatoms. The fraction of sp³-hybridized carbons (Fsp3) is 0.625. The molecule has 0 amide bonds. The molecule has 3 fully saturated rings. The number of aryl methyl sites for hydroxylation is 1. The number of benzene rings is 1. The van der Waals surface area contributed by atoms with Crippen LogP contribution >= 0.6 is 0 Å². The molecule has 4 rings (SSSR count). The fourth-order valence-electron chi connectivity index (χ4n) is 3.87. The third-order valence-electron chi connectivity index (χ3n) is 5.24. The maximum absolute atomic E-state index is 5.77. The Labute approximate surface area is 104 Å². The number of hydrogen-bond acceptors (Lipinski definition) is 1. The van der Waals surface area contributed by atoms with Gasteiger partial charge in [-0.3, -0.25) is 0 Å². The van der Waals surface area contributed by atoms with E-state index >= 15 is 0 Å². The molecule has 3 saturated carbocycles. The highest BCUT2D eigenvalue weighted by Gasteiger charge is 2.49. The molecule has 1 aromatic carbocycles. The topological polar surface area (TPSA) is 9.23 Å². The van der Waals surface area contributed by atoms with Crippen LogP contribution in [0.25, 0.3) is 0 Å². The summed E-state index contributed by atoms with van der Waals surface area (Å²) in [6.45, 7) is 2.20. The van der Waals surface area contributed by atoms with Gasteiger partial charge in [0.05, 0.1) is 5.60 Å². The third kappa shape index (κ3) is 1.72. The Bertz CT molecular complexity index is 397. The minimum Gasteiger partial charge on any atom is -0.378 e. The summed E-state index contributed by atoms with van der Waals surface area (Å²) in [5.41, 5.74) is 3.66. The van der Waals surface area contributed by atoms with Crippen molar-refractivity contribution < 1.29 is 4.74 Å². The first-order valence-electron chi connectivity index (χ1n) is 6.81. The molecule has 92 valence electrons. The van der Waals surface area contributed by atoms with Crippen LogP contribution in [0.3, 0.4) is 0 Å². The second kappa shape index (κ2) is 3.84. The highest BCUT2D eigenvalue weighted by atomic mass is 16.5. The SMILES string of the molecule is COC12CCC(c3cccc(C)c3)(CC1)CC2. The van der Waals surface area contributed by atoms with E-state index in [4.69, 9.17) is 4.74 Å². The Hall–Kier alpha value is -0.820. The second-order valence-corrected chi connectivity index (χ2v) is 6.04. The summed E-state index contributed by atoms with van der Waals surface area (Å²) >= 11 is 0. The van der Waals surface area contributed by atoms with Gasteiger partial charge in [0.15, 0.2) is 0 Å². The molecule has 0 aromatic heterocycles. The van der Waals surface area contributed by atoms with Crippen LogP contribution in [0, 0.1) is 6.92 Å². The van der Waals surface area contributed by atoms with Crippen LogP contribution in [0.5, 0.6) is 0 Å². The van der Waals surface area contributed by atoms with E-state index in [1.54, 1.807) is 5.56 Å². The molecule has 0 spiro atoms. The minimum atomic E-state index is 0.228. The molecule has 17 heavy (non-hydrogen) atoms. The fourth-order valence-corrected chi connectivity index (χ4v) is 3.87. The number of fused-ring (bicyclic) bond motifs is 3. The predicted octanol–water partition coefficient (Wildman–Crippen LogP) is 3.99. The van der Waals surface area contributed by atoms with E-state index in [1.807, 2.05) is 7.11 Å². The molecule has 1 aromatic rings. The first-order valence-corrected chi connectivity index (χ1v) is 6.81. The van der Waals surface area contributed by atoms with Gasteiger partial charge in [-0.25, -0.2) is 0 Å². The molecule has 2 bridgehead atoms. The van der Waals surface area contributed by atoms with E-state index in [-0.39, 0.29) is 5.60 Å². The summed E-state index contributed by atoms with van der Waals surface area (Å²) < 4.78 is 5.77. The van der Waals surface area contributed by atoms with E-state index in [0.717, 1.165) is 0 Å². The van der Waals surface area contributed by atoms with Crippen molar-refractivity contribution in [3.63, 3.8) is 0 Å². The highest BCUT2D eigenvalue weighted by Crippen LogP contribution is 2.54. The molecule has 1 nitrogen and oxygen atoms in total. The second-order valence-electron chi connectivity index (χ2n) is 6.04. The van der Waals surface area contributed by atoms with Gasteiger partial charge in [-0.15, -0.1) is 0 Å². The Morgan fingerprint density at radius 1 is 1.00 bits per heavy atom. The van der Waals surface area contributed by atoms with Crippen molar-refractivity contribution in [2.24, 2.45) is 0 Å². The maximum atomic E-state index is 5.77. The van der Waals surface area contributed by atoms with Crippen LogP contribution in [-0.4, -0.2) is 12.7 Å². The average Bonchev–Trinajstić information content (AvgIpc) is 2.41. The Kier molecular flexibility index (Phi) is 2.55. The molecule has 0 heterocycles.